The topological polar surface area (TPSA) is 38.2 Å². The molecular weight excluding hydrogens is 305 g/mol. The Morgan fingerprint density at radius 3 is 3.05 bits per heavy atom. The Labute approximate surface area is 133 Å². The predicted molar refractivity (Wildman–Crippen MR) is 82.3 cm³/mol. The summed E-state index contributed by atoms with van der Waals surface area (Å²) in [7, 11) is 0. The zero-order valence-electron chi connectivity index (χ0n) is 12.1. The second-order valence-electron chi connectivity index (χ2n) is 5.44. The highest BCUT2D eigenvalue weighted by atomic mass is 35.5. The van der Waals surface area contributed by atoms with E-state index in [1.165, 1.54) is 6.07 Å². The lowest BCUT2D eigenvalue weighted by atomic mass is 10.1. The number of hydrogen-bond donors (Lipinski definition) is 0. The van der Waals surface area contributed by atoms with Crippen LogP contribution in [0.5, 0.6) is 5.88 Å². The molecule has 1 saturated heterocycles. The van der Waals surface area contributed by atoms with Crippen molar-refractivity contribution >= 4 is 11.6 Å². The molecule has 0 spiro atoms. The van der Waals surface area contributed by atoms with Crippen molar-refractivity contribution in [3.05, 3.63) is 53.2 Å². The van der Waals surface area contributed by atoms with Crippen LogP contribution in [0, 0.1) is 11.7 Å². The van der Waals surface area contributed by atoms with E-state index in [1.807, 2.05) is 0 Å². The van der Waals surface area contributed by atoms with Crippen molar-refractivity contribution < 1.29 is 9.13 Å². The maximum absolute atomic E-state index is 13.8. The van der Waals surface area contributed by atoms with Crippen molar-refractivity contribution in [1.82, 2.24) is 14.9 Å². The summed E-state index contributed by atoms with van der Waals surface area (Å²) in [5, 5.41) is 0.485. The van der Waals surface area contributed by atoms with Gasteiger partial charge in [0.2, 0.25) is 5.88 Å². The van der Waals surface area contributed by atoms with Crippen LogP contribution in [0.4, 0.5) is 4.39 Å². The Bertz CT molecular complexity index is 606. The van der Waals surface area contributed by atoms with E-state index in [9.17, 15) is 4.39 Å². The monoisotopic (exact) mass is 321 g/mol. The number of likely N-dealkylation sites (tertiary alicyclic amines) is 1. The SMILES string of the molecule is Fc1cccc(Cl)c1CN1CCC(COc2cnccn2)C1. The molecule has 0 bridgehead atoms. The summed E-state index contributed by atoms with van der Waals surface area (Å²) in [6.07, 6.45) is 5.84. The van der Waals surface area contributed by atoms with Crippen LogP contribution in [0.2, 0.25) is 5.02 Å². The molecule has 0 amide bonds. The van der Waals surface area contributed by atoms with Gasteiger partial charge in [-0.3, -0.25) is 9.88 Å². The molecular formula is C16H17ClFN3O. The van der Waals surface area contributed by atoms with E-state index in [0.29, 0.717) is 35.5 Å². The highest BCUT2D eigenvalue weighted by Gasteiger charge is 2.24. The normalized spacial score (nSPS) is 18.5. The lowest BCUT2D eigenvalue weighted by Crippen LogP contribution is -2.23. The van der Waals surface area contributed by atoms with E-state index < -0.39 is 0 Å². The molecule has 2 aromatic rings. The van der Waals surface area contributed by atoms with Gasteiger partial charge in [0.05, 0.1) is 12.8 Å². The van der Waals surface area contributed by atoms with E-state index in [1.54, 1.807) is 30.7 Å². The Morgan fingerprint density at radius 1 is 1.36 bits per heavy atom. The summed E-state index contributed by atoms with van der Waals surface area (Å²) in [4.78, 5) is 10.3. The fourth-order valence-corrected chi connectivity index (χ4v) is 2.89. The molecule has 1 unspecified atom stereocenters. The van der Waals surface area contributed by atoms with E-state index in [0.717, 1.165) is 19.5 Å². The first-order valence-electron chi connectivity index (χ1n) is 7.26. The van der Waals surface area contributed by atoms with Gasteiger partial charge in [0.25, 0.3) is 0 Å². The predicted octanol–water partition coefficient (Wildman–Crippen LogP) is 3.17. The van der Waals surface area contributed by atoms with Crippen LogP contribution in [-0.4, -0.2) is 34.6 Å². The molecule has 1 aromatic carbocycles. The summed E-state index contributed by atoms with van der Waals surface area (Å²) in [5.74, 6) is 0.706. The molecule has 0 N–H and O–H groups in total. The first-order chi connectivity index (χ1) is 10.7. The molecule has 0 radical (unpaired) electrons. The lowest BCUT2D eigenvalue weighted by Gasteiger charge is -2.17. The minimum atomic E-state index is -0.244. The van der Waals surface area contributed by atoms with Crippen LogP contribution in [0.15, 0.2) is 36.8 Å². The molecule has 3 rings (SSSR count). The summed E-state index contributed by atoms with van der Waals surface area (Å²) in [6, 6.07) is 4.80. The third-order valence-corrected chi connectivity index (χ3v) is 4.17. The third kappa shape index (κ3) is 3.72. The maximum atomic E-state index is 13.8. The maximum Gasteiger partial charge on any atom is 0.232 e. The van der Waals surface area contributed by atoms with Crippen LogP contribution >= 0.6 is 11.6 Å². The number of rotatable bonds is 5. The minimum Gasteiger partial charge on any atom is -0.476 e. The Hall–Kier alpha value is -1.72. The molecule has 1 aliphatic heterocycles. The Balaban J connectivity index is 1.52. The van der Waals surface area contributed by atoms with Crippen molar-refractivity contribution in [3.8, 4) is 5.88 Å². The number of benzene rings is 1. The number of hydrogen-bond acceptors (Lipinski definition) is 4. The molecule has 1 fully saturated rings. The second-order valence-corrected chi connectivity index (χ2v) is 5.85. The highest BCUT2D eigenvalue weighted by Crippen LogP contribution is 2.24. The van der Waals surface area contributed by atoms with Gasteiger partial charge >= 0.3 is 0 Å². The summed E-state index contributed by atoms with van der Waals surface area (Å²) < 4.78 is 19.5. The van der Waals surface area contributed by atoms with Gasteiger partial charge in [-0.05, 0) is 25.1 Å². The van der Waals surface area contributed by atoms with Gasteiger partial charge in [0.1, 0.15) is 5.82 Å². The molecule has 1 aliphatic rings. The van der Waals surface area contributed by atoms with Gasteiger partial charge in [-0.25, -0.2) is 9.37 Å². The average molecular weight is 322 g/mol. The number of halogens is 2. The molecule has 0 aliphatic carbocycles. The summed E-state index contributed by atoms with van der Waals surface area (Å²) >= 11 is 6.08. The summed E-state index contributed by atoms with van der Waals surface area (Å²) in [6.45, 7) is 2.91. The minimum absolute atomic E-state index is 0.244. The van der Waals surface area contributed by atoms with Gasteiger partial charge in [-0.15, -0.1) is 0 Å². The first-order valence-corrected chi connectivity index (χ1v) is 7.64. The van der Waals surface area contributed by atoms with E-state index in [4.69, 9.17) is 16.3 Å². The summed E-state index contributed by atoms with van der Waals surface area (Å²) in [5.41, 5.74) is 0.569. The van der Waals surface area contributed by atoms with Crippen LogP contribution in [0.1, 0.15) is 12.0 Å². The largest absolute Gasteiger partial charge is 0.476 e. The van der Waals surface area contributed by atoms with Gasteiger partial charge in [-0.1, -0.05) is 17.7 Å². The van der Waals surface area contributed by atoms with Gasteiger partial charge < -0.3 is 4.74 Å². The van der Waals surface area contributed by atoms with Crippen LogP contribution in [-0.2, 0) is 6.54 Å². The molecule has 0 saturated carbocycles. The third-order valence-electron chi connectivity index (χ3n) is 3.82. The van der Waals surface area contributed by atoms with E-state index in [2.05, 4.69) is 14.9 Å². The van der Waals surface area contributed by atoms with Gasteiger partial charge in [0, 0.05) is 42.0 Å². The number of nitrogens with zero attached hydrogens (tertiary/aromatic N) is 3. The van der Waals surface area contributed by atoms with Crippen molar-refractivity contribution in [2.45, 2.75) is 13.0 Å². The Kier molecular flexibility index (Phi) is 4.85. The van der Waals surface area contributed by atoms with E-state index >= 15 is 0 Å². The van der Waals surface area contributed by atoms with Crippen molar-refractivity contribution in [1.29, 1.82) is 0 Å². The molecule has 22 heavy (non-hydrogen) atoms. The fourth-order valence-electron chi connectivity index (χ4n) is 2.66. The standard InChI is InChI=1S/C16H17ClFN3O/c17-14-2-1-3-15(18)13(14)10-21-7-4-12(9-21)11-22-16-8-19-5-6-20-16/h1-3,5-6,8,12H,4,7,9-11H2. The zero-order valence-corrected chi connectivity index (χ0v) is 12.8. The lowest BCUT2D eigenvalue weighted by molar-refractivity contribution is 0.230. The van der Waals surface area contributed by atoms with Crippen LogP contribution in [0.25, 0.3) is 0 Å². The molecule has 4 nitrogen and oxygen atoms in total. The number of ether oxygens (including phenoxy) is 1. The quantitative estimate of drug-likeness (QED) is 0.848. The molecule has 1 aromatic heterocycles. The molecule has 116 valence electrons. The van der Waals surface area contributed by atoms with Crippen LogP contribution < -0.4 is 4.74 Å². The zero-order chi connectivity index (χ0) is 15.4. The van der Waals surface area contributed by atoms with Crippen molar-refractivity contribution in [2.24, 2.45) is 5.92 Å². The average Bonchev–Trinajstić information content (AvgIpc) is 2.98. The highest BCUT2D eigenvalue weighted by molar-refractivity contribution is 6.31. The van der Waals surface area contributed by atoms with Gasteiger partial charge in [0.15, 0.2) is 0 Å². The number of aromatic nitrogens is 2. The van der Waals surface area contributed by atoms with Gasteiger partial charge in [-0.2, -0.15) is 0 Å². The van der Waals surface area contributed by atoms with Crippen molar-refractivity contribution in [3.63, 3.8) is 0 Å². The van der Waals surface area contributed by atoms with Crippen LogP contribution in [0.3, 0.4) is 0 Å². The molecule has 2 heterocycles. The van der Waals surface area contributed by atoms with E-state index in [-0.39, 0.29) is 5.82 Å². The molecule has 1 atom stereocenters. The fraction of sp³-hybridized carbons (Fsp3) is 0.375. The van der Waals surface area contributed by atoms with Crippen molar-refractivity contribution in [2.75, 3.05) is 19.7 Å². The second kappa shape index (κ2) is 7.03. The first kappa shape index (κ1) is 15.2. The Morgan fingerprint density at radius 2 is 2.27 bits per heavy atom. The smallest absolute Gasteiger partial charge is 0.232 e. The molecule has 6 heteroatoms.